The standard InChI is InChI=1S/C16H24N2O5S/c1-11(2)8-18-14(9-23-10-15(18)19)16(20)12-4-6-13(7-5-12)17-24(3,21)22/h4-7,11,14,16-17,20H,8-10H2,1-3H3/t14-,16-/m1/s1. The molecule has 0 unspecified atom stereocenters. The van der Waals surface area contributed by atoms with Crippen molar-refractivity contribution in [3.05, 3.63) is 29.8 Å². The molecule has 8 heteroatoms. The Balaban J connectivity index is 2.16. The highest BCUT2D eigenvalue weighted by atomic mass is 32.2. The van der Waals surface area contributed by atoms with Crippen LogP contribution >= 0.6 is 0 Å². The molecule has 2 rings (SSSR count). The molecule has 1 fully saturated rings. The Hall–Kier alpha value is -1.64. The summed E-state index contributed by atoms with van der Waals surface area (Å²) in [6.07, 6.45) is 0.171. The summed E-state index contributed by atoms with van der Waals surface area (Å²) in [5.74, 6) is 0.150. The number of nitrogens with one attached hydrogen (secondary N) is 1. The van der Waals surface area contributed by atoms with Crippen molar-refractivity contribution in [3.63, 3.8) is 0 Å². The van der Waals surface area contributed by atoms with Crippen molar-refractivity contribution in [2.24, 2.45) is 5.92 Å². The summed E-state index contributed by atoms with van der Waals surface area (Å²) in [4.78, 5) is 13.8. The van der Waals surface area contributed by atoms with Gasteiger partial charge in [-0.25, -0.2) is 8.42 Å². The zero-order valence-corrected chi connectivity index (χ0v) is 14.9. The van der Waals surface area contributed by atoms with Gasteiger partial charge in [-0.15, -0.1) is 0 Å². The Bertz CT molecular complexity index is 672. The number of amides is 1. The average Bonchev–Trinajstić information content (AvgIpc) is 2.47. The van der Waals surface area contributed by atoms with Gasteiger partial charge in [-0.2, -0.15) is 0 Å². The van der Waals surface area contributed by atoms with E-state index in [1.807, 2.05) is 13.8 Å². The van der Waals surface area contributed by atoms with Gasteiger partial charge in [0.1, 0.15) is 12.7 Å². The molecule has 1 saturated heterocycles. The number of rotatable bonds is 6. The first kappa shape index (κ1) is 18.7. The fourth-order valence-corrected chi connectivity index (χ4v) is 3.27. The summed E-state index contributed by atoms with van der Waals surface area (Å²) in [7, 11) is -3.35. The van der Waals surface area contributed by atoms with Crippen LogP contribution < -0.4 is 4.72 Å². The van der Waals surface area contributed by atoms with E-state index in [0.29, 0.717) is 17.8 Å². The predicted octanol–water partition coefficient (Wildman–Crippen LogP) is 0.975. The maximum absolute atomic E-state index is 12.1. The van der Waals surface area contributed by atoms with E-state index in [0.717, 1.165) is 6.26 Å². The molecule has 0 aromatic heterocycles. The Labute approximate surface area is 142 Å². The zero-order chi connectivity index (χ0) is 17.9. The molecule has 134 valence electrons. The Kier molecular flexibility index (Phi) is 5.84. The van der Waals surface area contributed by atoms with E-state index < -0.39 is 22.2 Å². The smallest absolute Gasteiger partial charge is 0.249 e. The van der Waals surface area contributed by atoms with Gasteiger partial charge in [0.05, 0.1) is 18.9 Å². The van der Waals surface area contributed by atoms with E-state index in [1.54, 1.807) is 29.2 Å². The second-order valence-corrected chi connectivity index (χ2v) is 8.21. The summed E-state index contributed by atoms with van der Waals surface area (Å²) in [6, 6.07) is 5.99. The SMILES string of the molecule is CC(C)CN1C(=O)COC[C@@H]1[C@H](O)c1ccc(NS(C)(=O)=O)cc1. The highest BCUT2D eigenvalue weighted by molar-refractivity contribution is 7.92. The number of hydrogen-bond acceptors (Lipinski definition) is 5. The highest BCUT2D eigenvalue weighted by Gasteiger charge is 2.34. The first-order chi connectivity index (χ1) is 11.2. The number of carbonyl (C=O) groups is 1. The molecule has 2 N–H and O–H groups in total. The van der Waals surface area contributed by atoms with Gasteiger partial charge in [-0.1, -0.05) is 26.0 Å². The lowest BCUT2D eigenvalue weighted by Gasteiger charge is -2.39. The Morgan fingerprint density at radius 1 is 1.33 bits per heavy atom. The summed E-state index contributed by atoms with van der Waals surface area (Å²) < 4.78 is 30.1. The fraction of sp³-hybridized carbons (Fsp3) is 0.562. The monoisotopic (exact) mass is 356 g/mol. The van der Waals surface area contributed by atoms with Crippen molar-refractivity contribution in [1.82, 2.24) is 4.90 Å². The molecule has 2 atom stereocenters. The third-order valence-corrected chi connectivity index (χ3v) is 4.32. The van der Waals surface area contributed by atoms with Crippen molar-refractivity contribution in [2.75, 3.05) is 30.7 Å². The first-order valence-electron chi connectivity index (χ1n) is 7.80. The lowest BCUT2D eigenvalue weighted by molar-refractivity contribution is -0.155. The maximum Gasteiger partial charge on any atom is 0.249 e. The van der Waals surface area contributed by atoms with Crippen LogP contribution in [0, 0.1) is 5.92 Å². The van der Waals surface area contributed by atoms with Crippen LogP contribution in [-0.2, 0) is 19.6 Å². The number of aliphatic hydroxyl groups is 1. The van der Waals surface area contributed by atoms with Crippen LogP contribution in [0.2, 0.25) is 0 Å². The molecule has 0 saturated carbocycles. The van der Waals surface area contributed by atoms with Crippen molar-refractivity contribution < 1.29 is 23.1 Å². The maximum atomic E-state index is 12.1. The number of benzene rings is 1. The minimum Gasteiger partial charge on any atom is -0.386 e. The highest BCUT2D eigenvalue weighted by Crippen LogP contribution is 2.26. The van der Waals surface area contributed by atoms with Crippen LogP contribution in [0.1, 0.15) is 25.5 Å². The number of hydrogen-bond donors (Lipinski definition) is 2. The lowest BCUT2D eigenvalue weighted by Crippen LogP contribution is -2.53. The number of aliphatic hydroxyl groups excluding tert-OH is 1. The van der Waals surface area contributed by atoms with Crippen molar-refractivity contribution >= 4 is 21.6 Å². The minimum atomic E-state index is -3.35. The van der Waals surface area contributed by atoms with Crippen LogP contribution in [0.25, 0.3) is 0 Å². The van der Waals surface area contributed by atoms with Gasteiger partial charge in [0.2, 0.25) is 15.9 Å². The second kappa shape index (κ2) is 7.50. The molecular formula is C16H24N2O5S. The third-order valence-electron chi connectivity index (χ3n) is 3.72. The third kappa shape index (κ3) is 4.93. The van der Waals surface area contributed by atoms with Gasteiger partial charge in [0.15, 0.2) is 0 Å². The van der Waals surface area contributed by atoms with Gasteiger partial charge < -0.3 is 14.7 Å². The summed E-state index contributed by atoms with van der Waals surface area (Å²) in [5, 5.41) is 10.7. The van der Waals surface area contributed by atoms with Gasteiger partial charge in [0.25, 0.3) is 0 Å². The van der Waals surface area contributed by atoms with Gasteiger partial charge in [-0.05, 0) is 23.6 Å². The molecule has 7 nitrogen and oxygen atoms in total. The summed E-state index contributed by atoms with van der Waals surface area (Å²) >= 11 is 0. The van der Waals surface area contributed by atoms with Crippen LogP contribution in [0.3, 0.4) is 0 Å². The van der Waals surface area contributed by atoms with Gasteiger partial charge >= 0.3 is 0 Å². The summed E-state index contributed by atoms with van der Waals surface area (Å²) in [5.41, 5.74) is 1.02. The number of morpholine rings is 1. The molecule has 0 bridgehead atoms. The number of sulfonamides is 1. The van der Waals surface area contributed by atoms with E-state index in [4.69, 9.17) is 4.74 Å². The molecule has 1 amide bonds. The Morgan fingerprint density at radius 2 is 1.96 bits per heavy atom. The number of ether oxygens (including phenoxy) is 1. The molecule has 24 heavy (non-hydrogen) atoms. The molecule has 0 spiro atoms. The first-order valence-corrected chi connectivity index (χ1v) is 9.69. The van der Waals surface area contributed by atoms with Crippen molar-refractivity contribution in [2.45, 2.75) is 26.0 Å². The molecule has 0 radical (unpaired) electrons. The fourth-order valence-electron chi connectivity index (χ4n) is 2.70. The van der Waals surface area contributed by atoms with Crippen LogP contribution in [-0.4, -0.2) is 56.4 Å². The average molecular weight is 356 g/mol. The number of carbonyl (C=O) groups excluding carboxylic acids is 1. The van der Waals surface area contributed by atoms with Crippen LogP contribution in [0.15, 0.2) is 24.3 Å². The molecule has 1 aromatic carbocycles. The lowest BCUT2D eigenvalue weighted by atomic mass is 9.99. The van der Waals surface area contributed by atoms with Gasteiger partial charge in [-0.3, -0.25) is 9.52 Å². The number of nitrogens with zero attached hydrogens (tertiary/aromatic N) is 1. The molecular weight excluding hydrogens is 332 g/mol. The largest absolute Gasteiger partial charge is 0.386 e. The second-order valence-electron chi connectivity index (χ2n) is 6.46. The zero-order valence-electron chi connectivity index (χ0n) is 14.1. The Morgan fingerprint density at radius 3 is 2.50 bits per heavy atom. The molecule has 1 aliphatic heterocycles. The quantitative estimate of drug-likeness (QED) is 0.792. The van der Waals surface area contributed by atoms with E-state index >= 15 is 0 Å². The molecule has 1 aliphatic rings. The predicted molar refractivity (Wildman–Crippen MR) is 91.0 cm³/mol. The van der Waals surface area contributed by atoms with E-state index in [9.17, 15) is 18.3 Å². The van der Waals surface area contributed by atoms with Crippen LogP contribution in [0.5, 0.6) is 0 Å². The van der Waals surface area contributed by atoms with E-state index in [1.165, 1.54) is 0 Å². The van der Waals surface area contributed by atoms with Crippen molar-refractivity contribution in [1.29, 1.82) is 0 Å². The van der Waals surface area contributed by atoms with Gasteiger partial charge in [0, 0.05) is 12.2 Å². The van der Waals surface area contributed by atoms with Crippen molar-refractivity contribution in [3.8, 4) is 0 Å². The number of anilines is 1. The normalized spacial score (nSPS) is 20.3. The molecule has 1 aromatic rings. The minimum absolute atomic E-state index is 0.0349. The topological polar surface area (TPSA) is 95.9 Å². The van der Waals surface area contributed by atoms with E-state index in [-0.39, 0.29) is 25.0 Å². The van der Waals surface area contributed by atoms with E-state index in [2.05, 4.69) is 4.72 Å². The summed E-state index contributed by atoms with van der Waals surface area (Å²) in [6.45, 7) is 4.88. The van der Waals surface area contributed by atoms with Crippen LogP contribution in [0.4, 0.5) is 5.69 Å². The molecule has 0 aliphatic carbocycles. The molecule has 1 heterocycles.